The van der Waals surface area contributed by atoms with Crippen molar-refractivity contribution in [2.45, 2.75) is 64.7 Å². The van der Waals surface area contributed by atoms with Crippen LogP contribution in [0.4, 0.5) is 0 Å². The number of aryl methyl sites for hydroxylation is 1. The van der Waals surface area contributed by atoms with Crippen molar-refractivity contribution in [3.8, 4) is 0 Å². The third-order valence-electron chi connectivity index (χ3n) is 3.93. The van der Waals surface area contributed by atoms with Crippen molar-refractivity contribution in [2.75, 3.05) is 0 Å². The molecule has 107 valence electrons. The maximum absolute atomic E-state index is 4.37. The lowest BCUT2D eigenvalue weighted by Crippen LogP contribution is -1.88. The summed E-state index contributed by atoms with van der Waals surface area (Å²) in [6.07, 6.45) is 14.0. The van der Waals surface area contributed by atoms with Crippen LogP contribution in [0.25, 0.3) is 10.9 Å². The summed E-state index contributed by atoms with van der Waals surface area (Å²) in [7, 11) is 0. The van der Waals surface area contributed by atoms with Gasteiger partial charge < -0.3 is 0 Å². The number of hydrogen-bond acceptors (Lipinski definition) is 1. The first-order valence-corrected chi connectivity index (χ1v) is 8.15. The molecule has 0 bridgehead atoms. The lowest BCUT2D eigenvalue weighted by atomic mass is 10.0. The molecule has 0 spiro atoms. The van der Waals surface area contributed by atoms with E-state index in [-0.39, 0.29) is 0 Å². The molecule has 2 rings (SSSR count). The highest BCUT2D eigenvalue weighted by Crippen LogP contribution is 2.16. The number of fused-ring (bicyclic) bond motifs is 1. The Morgan fingerprint density at radius 3 is 2.50 bits per heavy atom. The first-order valence-electron chi connectivity index (χ1n) is 8.15. The molecule has 0 N–H and O–H groups in total. The number of unbranched alkanes of at least 4 members (excludes halogenated alkanes) is 7. The summed E-state index contributed by atoms with van der Waals surface area (Å²) < 4.78 is 0. The Hall–Kier alpha value is -1.37. The highest BCUT2D eigenvalue weighted by Gasteiger charge is 1.98. The number of nitrogens with zero attached hydrogens (tertiary/aromatic N) is 1. The van der Waals surface area contributed by atoms with Crippen LogP contribution in [0.5, 0.6) is 0 Å². The molecule has 1 aromatic carbocycles. The predicted molar refractivity (Wildman–Crippen MR) is 86.9 cm³/mol. The summed E-state index contributed by atoms with van der Waals surface area (Å²) in [5.74, 6) is 0. The molecule has 0 unspecified atom stereocenters. The van der Waals surface area contributed by atoms with Crippen LogP contribution >= 0.6 is 0 Å². The van der Waals surface area contributed by atoms with Gasteiger partial charge in [0, 0.05) is 17.6 Å². The molecular formula is C19H26N. The van der Waals surface area contributed by atoms with E-state index in [4.69, 9.17) is 0 Å². The molecule has 1 nitrogen and oxygen atoms in total. The molecular weight excluding hydrogens is 242 g/mol. The molecule has 2 aromatic rings. The fraction of sp³-hybridized carbons (Fsp3) is 0.526. The lowest BCUT2D eigenvalue weighted by Gasteiger charge is -2.04. The van der Waals surface area contributed by atoms with Gasteiger partial charge in [0.2, 0.25) is 0 Å². The van der Waals surface area contributed by atoms with Crippen LogP contribution in [-0.4, -0.2) is 4.98 Å². The van der Waals surface area contributed by atoms with Gasteiger partial charge in [0.25, 0.3) is 0 Å². The van der Waals surface area contributed by atoms with E-state index in [9.17, 15) is 0 Å². The molecule has 0 fully saturated rings. The maximum atomic E-state index is 4.37. The van der Waals surface area contributed by atoms with E-state index in [0.717, 1.165) is 5.52 Å². The van der Waals surface area contributed by atoms with Gasteiger partial charge in [-0.25, -0.2) is 0 Å². The van der Waals surface area contributed by atoms with Gasteiger partial charge in [0.1, 0.15) is 0 Å². The second-order valence-corrected chi connectivity index (χ2v) is 5.69. The zero-order chi connectivity index (χ0) is 14.0. The van der Waals surface area contributed by atoms with Crippen LogP contribution in [0.15, 0.2) is 30.5 Å². The molecule has 0 amide bonds. The SMILES string of the molecule is CCCCCCCCCCc1ccc2c[c]cnc2c1. The van der Waals surface area contributed by atoms with Crippen LogP contribution in [0.3, 0.4) is 0 Å². The standard InChI is InChI=1S/C19H26N/c1-2-3-4-5-6-7-8-9-11-17-13-14-18-12-10-15-20-19(18)16-17/h12-16H,2-9,11H2,1H3. The monoisotopic (exact) mass is 268 g/mol. The minimum atomic E-state index is 1.10. The summed E-state index contributed by atoms with van der Waals surface area (Å²) in [5, 5.41) is 1.19. The Morgan fingerprint density at radius 1 is 0.950 bits per heavy atom. The Balaban J connectivity index is 1.65. The van der Waals surface area contributed by atoms with Crippen molar-refractivity contribution in [1.29, 1.82) is 0 Å². The van der Waals surface area contributed by atoms with Crippen LogP contribution in [0.2, 0.25) is 0 Å². The van der Waals surface area contributed by atoms with E-state index >= 15 is 0 Å². The van der Waals surface area contributed by atoms with E-state index in [1.165, 1.54) is 68.7 Å². The number of pyridine rings is 1. The highest BCUT2D eigenvalue weighted by molar-refractivity contribution is 5.78. The van der Waals surface area contributed by atoms with Gasteiger partial charge in [-0.15, -0.1) is 0 Å². The van der Waals surface area contributed by atoms with Crippen molar-refractivity contribution in [3.63, 3.8) is 0 Å². The first-order chi connectivity index (χ1) is 9.90. The molecule has 20 heavy (non-hydrogen) atoms. The van der Waals surface area contributed by atoms with Gasteiger partial charge in [-0.1, -0.05) is 64.0 Å². The lowest BCUT2D eigenvalue weighted by molar-refractivity contribution is 0.575. The van der Waals surface area contributed by atoms with Crippen molar-refractivity contribution >= 4 is 10.9 Å². The molecule has 1 heterocycles. The zero-order valence-electron chi connectivity index (χ0n) is 12.7. The molecule has 1 heteroatoms. The summed E-state index contributed by atoms with van der Waals surface area (Å²) in [4.78, 5) is 4.37. The van der Waals surface area contributed by atoms with Crippen LogP contribution in [0.1, 0.15) is 63.9 Å². The second-order valence-electron chi connectivity index (χ2n) is 5.69. The van der Waals surface area contributed by atoms with E-state index in [1.54, 1.807) is 6.20 Å². The van der Waals surface area contributed by atoms with Crippen molar-refractivity contribution in [1.82, 2.24) is 4.98 Å². The normalized spacial score (nSPS) is 11.1. The molecule has 1 radical (unpaired) electrons. The zero-order valence-corrected chi connectivity index (χ0v) is 12.7. The Bertz CT molecular complexity index is 504. The van der Waals surface area contributed by atoms with Gasteiger partial charge in [-0.2, -0.15) is 0 Å². The van der Waals surface area contributed by atoms with Crippen LogP contribution < -0.4 is 0 Å². The Morgan fingerprint density at radius 2 is 1.70 bits per heavy atom. The molecule has 0 aliphatic rings. The maximum Gasteiger partial charge on any atom is 0.0705 e. The fourth-order valence-corrected chi connectivity index (χ4v) is 2.68. The first kappa shape index (κ1) is 15.0. The van der Waals surface area contributed by atoms with Gasteiger partial charge in [0.05, 0.1) is 5.52 Å². The van der Waals surface area contributed by atoms with Gasteiger partial charge in [-0.3, -0.25) is 4.98 Å². The molecule has 1 aromatic heterocycles. The van der Waals surface area contributed by atoms with E-state index in [1.807, 2.05) is 6.07 Å². The smallest absolute Gasteiger partial charge is 0.0705 e. The summed E-state index contributed by atoms with van der Waals surface area (Å²) in [5.41, 5.74) is 2.52. The minimum Gasteiger partial charge on any atom is -0.256 e. The molecule has 0 saturated heterocycles. The Labute approximate surface area is 123 Å². The highest BCUT2D eigenvalue weighted by atomic mass is 14.6. The van der Waals surface area contributed by atoms with Crippen molar-refractivity contribution < 1.29 is 0 Å². The second kappa shape index (κ2) is 8.73. The summed E-state index contributed by atoms with van der Waals surface area (Å²) >= 11 is 0. The Kier molecular flexibility index (Phi) is 6.56. The average Bonchev–Trinajstić information content (AvgIpc) is 2.50. The predicted octanol–water partition coefficient (Wildman–Crippen LogP) is 5.72. The van der Waals surface area contributed by atoms with Gasteiger partial charge in [-0.05, 0) is 30.5 Å². The minimum absolute atomic E-state index is 1.10. The average molecular weight is 268 g/mol. The topological polar surface area (TPSA) is 12.9 Å². The third kappa shape index (κ3) is 4.96. The number of aromatic nitrogens is 1. The van der Waals surface area contributed by atoms with E-state index in [2.05, 4.69) is 36.2 Å². The fourth-order valence-electron chi connectivity index (χ4n) is 2.68. The number of rotatable bonds is 9. The van der Waals surface area contributed by atoms with Gasteiger partial charge >= 0.3 is 0 Å². The van der Waals surface area contributed by atoms with Gasteiger partial charge in [0.15, 0.2) is 0 Å². The summed E-state index contributed by atoms with van der Waals surface area (Å²) in [6, 6.07) is 11.7. The number of hydrogen-bond donors (Lipinski definition) is 0. The largest absolute Gasteiger partial charge is 0.256 e. The molecule has 0 atom stereocenters. The molecule has 0 aliphatic carbocycles. The number of benzene rings is 1. The third-order valence-corrected chi connectivity index (χ3v) is 3.93. The molecule has 0 saturated carbocycles. The summed E-state index contributed by atoms with van der Waals surface area (Å²) in [6.45, 7) is 2.27. The quantitative estimate of drug-likeness (QED) is 0.530. The van der Waals surface area contributed by atoms with Crippen molar-refractivity contribution in [3.05, 3.63) is 42.1 Å². The molecule has 0 aliphatic heterocycles. The van der Waals surface area contributed by atoms with Crippen LogP contribution in [-0.2, 0) is 6.42 Å². The van der Waals surface area contributed by atoms with Crippen LogP contribution in [0, 0.1) is 6.07 Å². The van der Waals surface area contributed by atoms with Crippen molar-refractivity contribution in [2.24, 2.45) is 0 Å². The van der Waals surface area contributed by atoms with E-state index < -0.39 is 0 Å². The van der Waals surface area contributed by atoms with E-state index in [0.29, 0.717) is 0 Å².